The van der Waals surface area contributed by atoms with E-state index in [1.54, 1.807) is 11.3 Å². The van der Waals surface area contributed by atoms with Crippen LogP contribution in [-0.4, -0.2) is 38.6 Å². The summed E-state index contributed by atoms with van der Waals surface area (Å²) in [6, 6.07) is 11.6. The molecule has 2 unspecified atom stereocenters. The van der Waals surface area contributed by atoms with Gasteiger partial charge in [0.2, 0.25) is 5.91 Å². The summed E-state index contributed by atoms with van der Waals surface area (Å²) in [5, 5.41) is 14.2. The average Bonchev–Trinajstić information content (AvgIpc) is 3.45. The Morgan fingerprint density at radius 2 is 2.31 bits per heavy atom. The fourth-order valence-corrected chi connectivity index (χ4v) is 5.12. The van der Waals surface area contributed by atoms with Crippen LogP contribution in [0.4, 0.5) is 5.69 Å². The first kappa shape index (κ1) is 20.6. The van der Waals surface area contributed by atoms with Crippen molar-refractivity contribution in [3.05, 3.63) is 46.3 Å². The van der Waals surface area contributed by atoms with Gasteiger partial charge in [-0.05, 0) is 49.4 Å². The molecule has 0 spiro atoms. The lowest BCUT2D eigenvalue weighted by Gasteiger charge is -2.16. The number of aromatic nitrogens is 3. The molecule has 6 nitrogen and oxygen atoms in total. The van der Waals surface area contributed by atoms with E-state index in [4.69, 9.17) is 4.74 Å². The first-order valence-electron chi connectivity index (χ1n) is 9.42. The third-order valence-corrected chi connectivity index (χ3v) is 7.05. The number of benzene rings is 1. The van der Waals surface area contributed by atoms with Gasteiger partial charge in [0, 0.05) is 16.8 Å². The number of hydrogen-bond acceptors (Lipinski definition) is 6. The van der Waals surface area contributed by atoms with Crippen LogP contribution in [0.5, 0.6) is 0 Å². The molecule has 0 saturated carbocycles. The van der Waals surface area contributed by atoms with E-state index in [-0.39, 0.29) is 17.3 Å². The van der Waals surface area contributed by atoms with Crippen molar-refractivity contribution in [3.63, 3.8) is 0 Å². The highest BCUT2D eigenvalue weighted by atomic mass is 79.9. The summed E-state index contributed by atoms with van der Waals surface area (Å²) < 4.78 is 8.85. The van der Waals surface area contributed by atoms with Crippen molar-refractivity contribution in [2.45, 2.75) is 42.8 Å². The minimum atomic E-state index is -0.322. The van der Waals surface area contributed by atoms with E-state index in [0.717, 1.165) is 45.5 Å². The molecule has 4 rings (SSSR count). The summed E-state index contributed by atoms with van der Waals surface area (Å²) in [5.74, 6) is 0.759. The Bertz CT molecular complexity index is 971. The monoisotopic (exact) mass is 492 g/mol. The number of thiophene rings is 1. The van der Waals surface area contributed by atoms with Crippen molar-refractivity contribution in [2.75, 3.05) is 11.9 Å². The highest BCUT2D eigenvalue weighted by Gasteiger charge is 2.25. The number of hydrogen-bond donors (Lipinski definition) is 1. The van der Waals surface area contributed by atoms with Gasteiger partial charge in [-0.2, -0.15) is 0 Å². The van der Waals surface area contributed by atoms with Gasteiger partial charge in [-0.25, -0.2) is 0 Å². The van der Waals surface area contributed by atoms with Gasteiger partial charge >= 0.3 is 0 Å². The van der Waals surface area contributed by atoms with Gasteiger partial charge in [0.15, 0.2) is 11.0 Å². The maximum atomic E-state index is 12.7. The van der Waals surface area contributed by atoms with Crippen LogP contribution in [-0.2, 0) is 16.1 Å². The van der Waals surface area contributed by atoms with Gasteiger partial charge < -0.3 is 10.1 Å². The summed E-state index contributed by atoms with van der Waals surface area (Å²) in [5.41, 5.74) is 0.761. The Labute approximate surface area is 186 Å². The summed E-state index contributed by atoms with van der Waals surface area (Å²) in [4.78, 5) is 13.8. The molecule has 0 bridgehead atoms. The van der Waals surface area contributed by atoms with Crippen LogP contribution in [0.3, 0.4) is 0 Å². The zero-order valence-corrected chi connectivity index (χ0v) is 19.1. The van der Waals surface area contributed by atoms with Gasteiger partial charge in [-0.15, -0.1) is 21.5 Å². The van der Waals surface area contributed by atoms with Crippen LogP contribution in [0.15, 0.2) is 51.4 Å². The molecule has 1 N–H and O–H groups in total. The fourth-order valence-electron chi connectivity index (χ4n) is 3.14. The number of carbonyl (C=O) groups excluding carboxylic acids is 1. The smallest absolute Gasteiger partial charge is 0.237 e. The molecular formula is C20H21BrN4O2S2. The molecule has 9 heteroatoms. The standard InChI is InChI=1S/C20H21BrN4O2S2/c1-13(19(26)22-15-6-2-5-14(21)11-15)29-20-24-23-18(17-8-4-10-28-17)25(20)12-16-7-3-9-27-16/h2,4-6,8,10-11,13,16H,3,7,9,12H2,1H3,(H,22,26). The predicted molar refractivity (Wildman–Crippen MR) is 120 cm³/mol. The molecule has 3 aromatic rings. The number of nitrogens with one attached hydrogen (secondary N) is 1. The van der Waals surface area contributed by atoms with Crippen molar-refractivity contribution in [3.8, 4) is 10.7 Å². The third kappa shape index (κ3) is 5.09. The van der Waals surface area contributed by atoms with Crippen LogP contribution < -0.4 is 5.32 Å². The normalized spacial score (nSPS) is 17.4. The number of carbonyl (C=O) groups is 1. The lowest BCUT2D eigenvalue weighted by molar-refractivity contribution is -0.115. The molecule has 0 aliphatic carbocycles. The van der Waals surface area contributed by atoms with E-state index < -0.39 is 0 Å². The summed E-state index contributed by atoms with van der Waals surface area (Å²) in [6.45, 7) is 3.38. The van der Waals surface area contributed by atoms with Gasteiger partial charge in [0.1, 0.15) is 0 Å². The quantitative estimate of drug-likeness (QED) is 0.466. The van der Waals surface area contributed by atoms with E-state index in [2.05, 4.69) is 36.0 Å². The van der Waals surface area contributed by atoms with Crippen molar-refractivity contribution in [1.82, 2.24) is 14.8 Å². The lowest BCUT2D eigenvalue weighted by atomic mass is 10.2. The van der Waals surface area contributed by atoms with E-state index >= 15 is 0 Å². The zero-order chi connectivity index (χ0) is 20.2. The summed E-state index contributed by atoms with van der Waals surface area (Å²) in [6.07, 6.45) is 2.27. The third-order valence-electron chi connectivity index (χ3n) is 4.61. The highest BCUT2D eigenvalue weighted by Crippen LogP contribution is 2.31. The lowest BCUT2D eigenvalue weighted by Crippen LogP contribution is -2.23. The Balaban J connectivity index is 1.51. The predicted octanol–water partition coefficient (Wildman–Crippen LogP) is 5.07. The Morgan fingerprint density at radius 3 is 3.03 bits per heavy atom. The zero-order valence-electron chi connectivity index (χ0n) is 15.9. The second-order valence-electron chi connectivity index (χ2n) is 6.79. The summed E-state index contributed by atoms with van der Waals surface area (Å²) >= 11 is 6.48. The number of nitrogens with zero attached hydrogens (tertiary/aromatic N) is 3. The topological polar surface area (TPSA) is 69.0 Å². The number of anilines is 1. The Morgan fingerprint density at radius 1 is 1.41 bits per heavy atom. The van der Waals surface area contributed by atoms with Crippen LogP contribution in [0, 0.1) is 0 Å². The number of ether oxygens (including phenoxy) is 1. The number of halogens is 1. The van der Waals surface area contributed by atoms with E-state index in [1.807, 2.05) is 48.7 Å². The van der Waals surface area contributed by atoms with Gasteiger partial charge in [0.05, 0.1) is 22.8 Å². The Hall–Kier alpha value is -1.68. The second-order valence-corrected chi connectivity index (χ2v) is 9.96. The van der Waals surface area contributed by atoms with Crippen LogP contribution in [0.25, 0.3) is 10.7 Å². The van der Waals surface area contributed by atoms with Crippen molar-refractivity contribution >= 4 is 50.6 Å². The van der Waals surface area contributed by atoms with Gasteiger partial charge in [0.25, 0.3) is 0 Å². The molecule has 2 aromatic heterocycles. The molecule has 1 aromatic carbocycles. The average molecular weight is 493 g/mol. The second kappa shape index (κ2) is 9.42. The largest absolute Gasteiger partial charge is 0.376 e. The van der Waals surface area contributed by atoms with Crippen LogP contribution in [0.1, 0.15) is 19.8 Å². The molecule has 1 aliphatic heterocycles. The van der Waals surface area contributed by atoms with Crippen molar-refractivity contribution < 1.29 is 9.53 Å². The minimum absolute atomic E-state index is 0.0718. The number of amides is 1. The minimum Gasteiger partial charge on any atom is -0.376 e. The molecule has 1 saturated heterocycles. The molecule has 0 radical (unpaired) electrons. The van der Waals surface area contributed by atoms with Gasteiger partial charge in [-0.3, -0.25) is 9.36 Å². The van der Waals surface area contributed by atoms with E-state index in [0.29, 0.717) is 6.54 Å². The SMILES string of the molecule is CC(Sc1nnc(-c2cccs2)n1CC1CCCO1)C(=O)Nc1cccc(Br)c1. The van der Waals surface area contributed by atoms with E-state index in [1.165, 1.54) is 11.8 Å². The number of thioether (sulfide) groups is 1. The first-order valence-corrected chi connectivity index (χ1v) is 12.0. The molecular weight excluding hydrogens is 472 g/mol. The van der Waals surface area contributed by atoms with Crippen molar-refractivity contribution in [2.24, 2.45) is 0 Å². The fraction of sp³-hybridized carbons (Fsp3) is 0.350. The molecule has 1 aliphatic rings. The van der Waals surface area contributed by atoms with Crippen LogP contribution in [0.2, 0.25) is 0 Å². The van der Waals surface area contributed by atoms with Crippen LogP contribution >= 0.6 is 39.0 Å². The molecule has 2 atom stereocenters. The Kier molecular flexibility index (Phi) is 6.69. The van der Waals surface area contributed by atoms with Crippen molar-refractivity contribution in [1.29, 1.82) is 0 Å². The first-order chi connectivity index (χ1) is 14.1. The number of rotatable bonds is 7. The maximum Gasteiger partial charge on any atom is 0.237 e. The molecule has 3 heterocycles. The van der Waals surface area contributed by atoms with E-state index in [9.17, 15) is 4.79 Å². The molecule has 1 amide bonds. The summed E-state index contributed by atoms with van der Waals surface area (Å²) in [7, 11) is 0. The maximum absolute atomic E-state index is 12.7. The molecule has 152 valence electrons. The van der Waals surface area contributed by atoms with Gasteiger partial charge in [-0.1, -0.05) is 39.8 Å². The molecule has 1 fully saturated rings. The molecule has 29 heavy (non-hydrogen) atoms. The highest BCUT2D eigenvalue weighted by molar-refractivity contribution is 9.10.